The van der Waals surface area contributed by atoms with E-state index in [4.69, 9.17) is 10.7 Å². The van der Waals surface area contributed by atoms with Gasteiger partial charge in [0.2, 0.25) is 0 Å². The number of amidine groups is 1. The molecule has 0 aromatic heterocycles. The first kappa shape index (κ1) is 14.3. The van der Waals surface area contributed by atoms with Gasteiger partial charge in [-0.25, -0.2) is 9.98 Å². The molecule has 1 rings (SSSR count). The van der Waals surface area contributed by atoms with Gasteiger partial charge in [0.05, 0.1) is 0 Å². The molecule has 4 nitrogen and oxygen atoms in total. The largest absolute Gasteiger partial charge is 0.257 e. The molecule has 0 saturated heterocycles. The lowest BCUT2D eigenvalue weighted by Gasteiger charge is -1.99. The van der Waals surface area contributed by atoms with Crippen LogP contribution in [0.2, 0.25) is 0 Å². The van der Waals surface area contributed by atoms with Gasteiger partial charge in [-0.2, -0.15) is 5.26 Å². The first-order valence-corrected chi connectivity index (χ1v) is 6.68. The van der Waals surface area contributed by atoms with Crippen LogP contribution in [-0.4, -0.2) is 17.4 Å². The molecule has 0 aliphatic carbocycles. The lowest BCUT2D eigenvalue weighted by molar-refractivity contribution is 0.595. The van der Waals surface area contributed by atoms with Gasteiger partial charge in [0.25, 0.3) is 0 Å². The summed E-state index contributed by atoms with van der Waals surface area (Å²) in [6.07, 6.45) is 9.53. The molecule has 1 aliphatic heterocycles. The van der Waals surface area contributed by atoms with Crippen molar-refractivity contribution < 1.29 is 0 Å². The average molecular weight is 244 g/mol. The van der Waals surface area contributed by atoms with Gasteiger partial charge in [0.1, 0.15) is 11.9 Å². The second-order valence-corrected chi connectivity index (χ2v) is 4.45. The van der Waals surface area contributed by atoms with E-state index in [1.54, 1.807) is 0 Å². The molecule has 0 saturated carbocycles. The SMILES string of the molecule is CCCCCCCCCC1=NC(=C=N)C(C#N)=N1. The van der Waals surface area contributed by atoms with E-state index in [9.17, 15) is 0 Å². The zero-order chi connectivity index (χ0) is 13.2. The zero-order valence-corrected chi connectivity index (χ0v) is 11.0. The first-order valence-electron chi connectivity index (χ1n) is 6.68. The molecule has 0 spiro atoms. The van der Waals surface area contributed by atoms with Crippen LogP contribution in [0.5, 0.6) is 0 Å². The summed E-state index contributed by atoms with van der Waals surface area (Å²) in [5.74, 6) is 2.82. The van der Waals surface area contributed by atoms with Crippen molar-refractivity contribution in [2.45, 2.75) is 58.3 Å². The molecule has 0 fully saturated rings. The van der Waals surface area contributed by atoms with E-state index >= 15 is 0 Å². The Morgan fingerprint density at radius 3 is 2.28 bits per heavy atom. The highest BCUT2D eigenvalue weighted by atomic mass is 15.0. The van der Waals surface area contributed by atoms with Crippen LogP contribution < -0.4 is 0 Å². The van der Waals surface area contributed by atoms with Gasteiger partial charge in [-0.1, -0.05) is 45.4 Å². The molecule has 1 aliphatic rings. The van der Waals surface area contributed by atoms with E-state index in [2.05, 4.69) is 22.8 Å². The summed E-state index contributed by atoms with van der Waals surface area (Å²) in [6.45, 7) is 2.22. The number of allylic oxidation sites excluding steroid dienone is 1. The molecule has 1 heterocycles. The van der Waals surface area contributed by atoms with E-state index in [1.807, 2.05) is 6.07 Å². The van der Waals surface area contributed by atoms with E-state index < -0.39 is 0 Å². The maximum Gasteiger partial charge on any atom is 0.177 e. The number of nitrogens with one attached hydrogen (secondary N) is 1. The highest BCUT2D eigenvalue weighted by molar-refractivity contribution is 6.23. The van der Waals surface area contributed by atoms with Crippen molar-refractivity contribution in [3.05, 3.63) is 5.70 Å². The standard InChI is InChI=1S/C14H20N4/c1-2-3-4-5-6-7-8-9-14-17-12(10-15)13(11-16)18-14/h15H,2-9H2,1H3. The predicted octanol–water partition coefficient (Wildman–Crippen LogP) is 3.64. The highest BCUT2D eigenvalue weighted by Crippen LogP contribution is 2.13. The van der Waals surface area contributed by atoms with Crippen LogP contribution in [0.25, 0.3) is 0 Å². The second-order valence-electron chi connectivity index (χ2n) is 4.45. The predicted molar refractivity (Wildman–Crippen MR) is 74.3 cm³/mol. The van der Waals surface area contributed by atoms with Crippen molar-refractivity contribution in [1.82, 2.24) is 0 Å². The number of aliphatic imine (C=N–C) groups is 2. The number of nitrogens with zero attached hydrogens (tertiary/aromatic N) is 3. The molecule has 0 bridgehead atoms. The molecule has 0 aromatic rings. The van der Waals surface area contributed by atoms with Crippen molar-refractivity contribution in [3.8, 4) is 6.07 Å². The highest BCUT2D eigenvalue weighted by Gasteiger charge is 2.15. The minimum Gasteiger partial charge on any atom is -0.257 e. The number of hydrogen-bond donors (Lipinski definition) is 1. The third kappa shape index (κ3) is 4.65. The van der Waals surface area contributed by atoms with Crippen LogP contribution in [0.4, 0.5) is 0 Å². The summed E-state index contributed by atoms with van der Waals surface area (Å²) in [6, 6.07) is 1.94. The Labute approximate surface area is 109 Å². The van der Waals surface area contributed by atoms with Crippen molar-refractivity contribution in [2.75, 3.05) is 0 Å². The summed E-state index contributed by atoms with van der Waals surface area (Å²) in [5.41, 5.74) is 0.499. The van der Waals surface area contributed by atoms with Crippen LogP contribution in [0.3, 0.4) is 0 Å². The Bertz CT molecular complexity index is 420. The van der Waals surface area contributed by atoms with Crippen LogP contribution in [0.1, 0.15) is 58.3 Å². The molecule has 0 unspecified atom stereocenters. The Morgan fingerprint density at radius 1 is 1.06 bits per heavy atom. The minimum atomic E-state index is 0.225. The molecule has 0 atom stereocenters. The van der Waals surface area contributed by atoms with Crippen molar-refractivity contribution in [1.29, 1.82) is 10.7 Å². The lowest BCUT2D eigenvalue weighted by Crippen LogP contribution is -1.93. The van der Waals surface area contributed by atoms with Gasteiger partial charge in [0, 0.05) is 12.3 Å². The number of hydrogen-bond acceptors (Lipinski definition) is 4. The fourth-order valence-electron chi connectivity index (χ4n) is 1.91. The summed E-state index contributed by atoms with van der Waals surface area (Å²) in [4.78, 5) is 8.21. The van der Waals surface area contributed by atoms with Crippen molar-refractivity contribution >= 4 is 17.4 Å². The molecule has 0 aromatic carbocycles. The third-order valence-electron chi connectivity index (χ3n) is 2.93. The Balaban J connectivity index is 2.20. The van der Waals surface area contributed by atoms with Crippen LogP contribution >= 0.6 is 0 Å². The lowest BCUT2D eigenvalue weighted by atomic mass is 10.1. The molecule has 0 radical (unpaired) electrons. The Hall–Kier alpha value is -1.72. The van der Waals surface area contributed by atoms with E-state index in [-0.39, 0.29) is 11.4 Å². The quantitative estimate of drug-likeness (QED) is 0.514. The molecule has 18 heavy (non-hydrogen) atoms. The average Bonchev–Trinajstić information content (AvgIpc) is 2.80. The van der Waals surface area contributed by atoms with Crippen LogP contribution in [0, 0.1) is 16.7 Å². The maximum atomic E-state index is 8.78. The maximum absolute atomic E-state index is 8.78. The van der Waals surface area contributed by atoms with Gasteiger partial charge < -0.3 is 0 Å². The first-order chi connectivity index (χ1) is 8.81. The van der Waals surface area contributed by atoms with Gasteiger partial charge >= 0.3 is 0 Å². The van der Waals surface area contributed by atoms with E-state index in [0.717, 1.165) is 12.8 Å². The smallest absolute Gasteiger partial charge is 0.177 e. The second kappa shape index (κ2) is 8.38. The molecule has 1 N–H and O–H groups in total. The van der Waals surface area contributed by atoms with Gasteiger partial charge in [-0.05, 0) is 6.42 Å². The summed E-state index contributed by atoms with van der Waals surface area (Å²) in [5, 5.41) is 15.8. The molecular formula is C14H20N4. The molecule has 4 heteroatoms. The fraction of sp³-hybridized carbons (Fsp3) is 0.643. The van der Waals surface area contributed by atoms with Gasteiger partial charge in [-0.3, -0.25) is 5.41 Å². The Kier molecular flexibility index (Phi) is 6.68. The third-order valence-corrected chi connectivity index (χ3v) is 2.93. The molecule has 0 amide bonds. The number of nitriles is 1. The Morgan fingerprint density at radius 2 is 1.72 bits per heavy atom. The van der Waals surface area contributed by atoms with E-state index in [0.29, 0.717) is 5.84 Å². The monoisotopic (exact) mass is 244 g/mol. The topological polar surface area (TPSA) is 72.4 Å². The van der Waals surface area contributed by atoms with Crippen LogP contribution in [0.15, 0.2) is 15.7 Å². The molecular weight excluding hydrogens is 224 g/mol. The van der Waals surface area contributed by atoms with Gasteiger partial charge in [-0.15, -0.1) is 0 Å². The summed E-state index contributed by atoms with van der Waals surface area (Å²) in [7, 11) is 0. The number of unbranched alkanes of at least 4 members (excludes halogenated alkanes) is 6. The van der Waals surface area contributed by atoms with E-state index in [1.165, 1.54) is 38.5 Å². The fourth-order valence-corrected chi connectivity index (χ4v) is 1.91. The minimum absolute atomic E-state index is 0.225. The summed E-state index contributed by atoms with van der Waals surface area (Å²) >= 11 is 0. The number of rotatable bonds is 8. The normalized spacial score (nSPS) is 13.9. The van der Waals surface area contributed by atoms with Crippen LogP contribution in [-0.2, 0) is 0 Å². The van der Waals surface area contributed by atoms with Gasteiger partial charge in [0.15, 0.2) is 11.4 Å². The van der Waals surface area contributed by atoms with Crippen molar-refractivity contribution in [3.63, 3.8) is 0 Å². The molecule has 96 valence electrons. The summed E-state index contributed by atoms with van der Waals surface area (Å²) < 4.78 is 0. The zero-order valence-electron chi connectivity index (χ0n) is 11.0. The van der Waals surface area contributed by atoms with Crippen molar-refractivity contribution in [2.24, 2.45) is 9.98 Å².